The predicted molar refractivity (Wildman–Crippen MR) is 97.8 cm³/mol. The fourth-order valence-electron chi connectivity index (χ4n) is 2.84. The molecular formula is C18H18N2S2. The van der Waals surface area contributed by atoms with Crippen LogP contribution in [0.4, 0.5) is 0 Å². The largest absolute Gasteiger partial charge is 0.248 e. The Morgan fingerprint density at radius 2 is 0.955 bits per heavy atom. The third-order valence-electron chi connectivity index (χ3n) is 4.15. The molecule has 22 heavy (non-hydrogen) atoms. The molecule has 2 aromatic carbocycles. The first-order valence-corrected chi connectivity index (χ1v) is 7.55. The van der Waals surface area contributed by atoms with Crippen LogP contribution in [0.15, 0.2) is 24.3 Å². The van der Waals surface area contributed by atoms with Gasteiger partial charge < -0.3 is 0 Å². The van der Waals surface area contributed by atoms with Gasteiger partial charge in [0, 0.05) is 0 Å². The summed E-state index contributed by atoms with van der Waals surface area (Å²) in [6.07, 6.45) is 0. The molecule has 4 heteroatoms. The number of nitrogens with one attached hydrogen (secondary N) is 2. The molecule has 0 saturated carbocycles. The van der Waals surface area contributed by atoms with Gasteiger partial charge in [0.05, 0.1) is 10.3 Å². The molecule has 0 amide bonds. The highest BCUT2D eigenvalue weighted by Crippen LogP contribution is 2.25. The standard InChI is InChI=1S/C16H16.2CHNS/c1-9-10(2)12(4)16-14-8-6-5-7-13(14)15(16)11(9)3;2*2-1-3/h5-8H,1-4H3;2*2H. The van der Waals surface area contributed by atoms with E-state index in [1.165, 1.54) is 43.1 Å². The molecule has 0 unspecified atom stereocenters. The van der Waals surface area contributed by atoms with Crippen molar-refractivity contribution in [2.24, 2.45) is 0 Å². The first-order valence-electron chi connectivity index (χ1n) is 6.74. The predicted octanol–water partition coefficient (Wildman–Crippen LogP) is 5.14. The van der Waals surface area contributed by atoms with Crippen molar-refractivity contribution >= 4 is 34.8 Å². The molecule has 0 bridgehead atoms. The van der Waals surface area contributed by atoms with Gasteiger partial charge in [0.15, 0.2) is 0 Å². The van der Waals surface area contributed by atoms with Crippen LogP contribution in [0.5, 0.6) is 0 Å². The zero-order valence-electron chi connectivity index (χ0n) is 13.1. The molecule has 0 heterocycles. The molecule has 0 saturated heterocycles. The number of hydrogen-bond acceptors (Lipinski definition) is 4. The van der Waals surface area contributed by atoms with Crippen molar-refractivity contribution in [3.05, 3.63) is 67.4 Å². The monoisotopic (exact) mass is 326 g/mol. The minimum atomic E-state index is 1.43. The third kappa shape index (κ3) is 3.11. The van der Waals surface area contributed by atoms with Crippen LogP contribution in [0, 0.1) is 59.4 Å². The van der Waals surface area contributed by atoms with Crippen LogP contribution >= 0.6 is 24.4 Å². The van der Waals surface area contributed by atoms with Gasteiger partial charge in [-0.3, -0.25) is 0 Å². The van der Waals surface area contributed by atoms with Gasteiger partial charge in [-0.25, -0.2) is 10.8 Å². The van der Waals surface area contributed by atoms with Crippen molar-refractivity contribution in [3.8, 4) is 0 Å². The van der Waals surface area contributed by atoms with Gasteiger partial charge in [-0.2, -0.15) is 0 Å². The normalized spacial score (nSPS) is 9.27. The maximum atomic E-state index is 5.77. The van der Waals surface area contributed by atoms with Crippen LogP contribution in [0.1, 0.15) is 22.3 Å². The molecular weight excluding hydrogens is 308 g/mol. The second-order valence-electron chi connectivity index (χ2n) is 5.00. The first kappa shape index (κ1) is 18.1. The first-order chi connectivity index (χ1) is 10.5. The zero-order valence-corrected chi connectivity index (χ0v) is 14.8. The Bertz CT molecular complexity index is 884. The second-order valence-corrected chi connectivity index (χ2v) is 5.41. The van der Waals surface area contributed by atoms with E-state index in [4.69, 9.17) is 10.8 Å². The highest BCUT2D eigenvalue weighted by atomic mass is 32.1. The molecule has 0 atom stereocenters. The zero-order chi connectivity index (χ0) is 16.9. The summed E-state index contributed by atoms with van der Waals surface area (Å²) in [6, 6.07) is 8.73. The molecule has 112 valence electrons. The summed E-state index contributed by atoms with van der Waals surface area (Å²) in [5.74, 6) is 0. The minimum absolute atomic E-state index is 1.43. The van der Waals surface area contributed by atoms with Gasteiger partial charge in [-0.1, -0.05) is 24.3 Å². The van der Waals surface area contributed by atoms with E-state index in [1.807, 2.05) is 0 Å². The average molecular weight is 326 g/mol. The smallest absolute Gasteiger partial charge is 0.0554 e. The van der Waals surface area contributed by atoms with Crippen molar-refractivity contribution in [1.82, 2.24) is 0 Å². The summed E-state index contributed by atoms with van der Waals surface area (Å²) in [7, 11) is 0. The molecule has 1 aliphatic carbocycles. The summed E-state index contributed by atoms with van der Waals surface area (Å²) in [5, 5.41) is 20.5. The SMILES string of the molecule is Cc1c(C)c(C)c2c(c1C)=c1ccccc1=2.N=C=S.N=C=S. The Labute approximate surface area is 140 Å². The van der Waals surface area contributed by atoms with Crippen LogP contribution in [0.25, 0.3) is 0 Å². The number of fused-ring (bicyclic) bond motifs is 2. The topological polar surface area (TPSA) is 47.7 Å². The van der Waals surface area contributed by atoms with Crippen LogP contribution in [0.2, 0.25) is 0 Å². The lowest BCUT2D eigenvalue weighted by Crippen LogP contribution is -2.02. The molecule has 0 spiro atoms. The van der Waals surface area contributed by atoms with Crippen molar-refractivity contribution in [3.63, 3.8) is 0 Å². The van der Waals surface area contributed by atoms with Gasteiger partial charge >= 0.3 is 0 Å². The van der Waals surface area contributed by atoms with E-state index in [-0.39, 0.29) is 0 Å². The Hall–Kier alpha value is -1.96. The van der Waals surface area contributed by atoms with E-state index >= 15 is 0 Å². The van der Waals surface area contributed by atoms with Crippen LogP contribution in [-0.4, -0.2) is 10.3 Å². The van der Waals surface area contributed by atoms with E-state index in [1.54, 1.807) is 10.3 Å². The summed E-state index contributed by atoms with van der Waals surface area (Å²) in [5.41, 5.74) is 5.81. The van der Waals surface area contributed by atoms with E-state index in [0.717, 1.165) is 0 Å². The molecule has 1 aliphatic rings. The third-order valence-corrected chi connectivity index (χ3v) is 4.15. The number of rotatable bonds is 0. The van der Waals surface area contributed by atoms with Crippen molar-refractivity contribution in [2.45, 2.75) is 27.7 Å². The molecule has 2 nitrogen and oxygen atoms in total. The van der Waals surface area contributed by atoms with Gasteiger partial charge in [0.25, 0.3) is 0 Å². The summed E-state index contributed by atoms with van der Waals surface area (Å²) in [4.78, 5) is 0. The maximum absolute atomic E-state index is 5.77. The van der Waals surface area contributed by atoms with E-state index in [0.29, 0.717) is 0 Å². The lowest BCUT2D eigenvalue weighted by atomic mass is 9.88. The van der Waals surface area contributed by atoms with Gasteiger partial charge in [0.1, 0.15) is 0 Å². The fraction of sp³-hybridized carbons (Fsp3) is 0.222. The highest BCUT2D eigenvalue weighted by molar-refractivity contribution is 7.78. The van der Waals surface area contributed by atoms with Gasteiger partial charge in [0.2, 0.25) is 0 Å². The minimum Gasteiger partial charge on any atom is -0.248 e. The maximum Gasteiger partial charge on any atom is 0.0554 e. The Morgan fingerprint density at radius 1 is 0.682 bits per heavy atom. The molecule has 2 aromatic rings. The number of benzene rings is 2. The molecule has 0 fully saturated rings. The Balaban J connectivity index is 0.000000353. The summed E-state index contributed by atoms with van der Waals surface area (Å²) in [6.45, 7) is 8.96. The van der Waals surface area contributed by atoms with Crippen molar-refractivity contribution in [1.29, 1.82) is 10.8 Å². The van der Waals surface area contributed by atoms with Crippen molar-refractivity contribution in [2.75, 3.05) is 0 Å². The lowest BCUT2D eigenvalue weighted by Gasteiger charge is -2.16. The number of hydrogen-bond donors (Lipinski definition) is 2. The van der Waals surface area contributed by atoms with Crippen LogP contribution < -0.4 is 0 Å². The van der Waals surface area contributed by atoms with Crippen molar-refractivity contribution < 1.29 is 0 Å². The van der Waals surface area contributed by atoms with E-state index < -0.39 is 0 Å². The Kier molecular flexibility index (Phi) is 6.48. The van der Waals surface area contributed by atoms with Gasteiger partial charge in [-0.15, -0.1) is 0 Å². The van der Waals surface area contributed by atoms with Gasteiger partial charge in [-0.05, 0) is 95.3 Å². The lowest BCUT2D eigenvalue weighted by molar-refractivity contribution is 1.12. The van der Waals surface area contributed by atoms with Crippen LogP contribution in [0.3, 0.4) is 0 Å². The fourth-order valence-corrected chi connectivity index (χ4v) is 2.84. The molecule has 0 aromatic heterocycles. The summed E-state index contributed by atoms with van der Waals surface area (Å²) >= 11 is 7.62. The highest BCUT2D eigenvalue weighted by Gasteiger charge is 2.11. The van der Waals surface area contributed by atoms with E-state index in [2.05, 4.69) is 76.4 Å². The van der Waals surface area contributed by atoms with E-state index in [9.17, 15) is 0 Å². The molecule has 2 N–H and O–H groups in total. The summed E-state index contributed by atoms with van der Waals surface area (Å²) < 4.78 is 0. The van der Waals surface area contributed by atoms with Crippen LogP contribution in [-0.2, 0) is 0 Å². The average Bonchev–Trinajstić information content (AvgIpc) is 2.47. The molecule has 3 rings (SSSR count). The molecule has 0 radical (unpaired) electrons. The molecule has 0 aliphatic heterocycles. The quantitative estimate of drug-likeness (QED) is 0.444. The number of isothiocyanates is 2. The second kappa shape index (κ2) is 7.88. The number of thiocarbonyl (C=S) groups is 2. The Morgan fingerprint density at radius 3 is 1.23 bits per heavy atom.